The summed E-state index contributed by atoms with van der Waals surface area (Å²) < 4.78 is 48.9. The summed E-state index contributed by atoms with van der Waals surface area (Å²) in [5, 5.41) is -1.60. The Balaban J connectivity index is 2.74. The quantitative estimate of drug-likeness (QED) is 0.524. The van der Waals surface area contributed by atoms with Crippen LogP contribution in [0.2, 0.25) is 0 Å². The van der Waals surface area contributed by atoms with Gasteiger partial charge in [-0.15, -0.1) is 3.89 Å². The Kier molecular flexibility index (Phi) is 1.91. The molecular weight excluding hydrogens is 166 g/mol. The molecule has 6 heteroatoms. The van der Waals surface area contributed by atoms with Gasteiger partial charge in [0.15, 0.2) is 0 Å². The van der Waals surface area contributed by atoms with Gasteiger partial charge >= 0.3 is 10.2 Å². The summed E-state index contributed by atoms with van der Waals surface area (Å²) in [4.78, 5) is 0. The highest BCUT2D eigenvalue weighted by atomic mass is 32.3. The molecule has 0 bridgehead atoms. The molecule has 0 aromatic heterocycles. The number of rotatable bonds is 1. The molecule has 0 aromatic rings. The standard InChI is InChI=1S/C4H6F2O3S/c5-3-1-9-2-4(3)10(6,7)8/h3-4H,1-2H2. The zero-order valence-corrected chi connectivity index (χ0v) is 5.77. The lowest BCUT2D eigenvalue weighted by Gasteiger charge is -2.02. The number of hydrogen-bond donors (Lipinski definition) is 0. The summed E-state index contributed by atoms with van der Waals surface area (Å²) in [6.45, 7) is -0.701. The van der Waals surface area contributed by atoms with Crippen molar-refractivity contribution < 1.29 is 21.4 Å². The second-order valence-electron chi connectivity index (χ2n) is 2.07. The van der Waals surface area contributed by atoms with Crippen LogP contribution in [0.3, 0.4) is 0 Å². The highest BCUT2D eigenvalue weighted by Gasteiger charge is 2.38. The average molecular weight is 172 g/mol. The normalized spacial score (nSPS) is 34.6. The first-order chi connectivity index (χ1) is 4.52. The largest absolute Gasteiger partial charge is 0.377 e. The molecule has 0 aliphatic carbocycles. The van der Waals surface area contributed by atoms with Crippen molar-refractivity contribution in [3.63, 3.8) is 0 Å². The van der Waals surface area contributed by atoms with Gasteiger partial charge in [-0.1, -0.05) is 0 Å². The number of hydrogen-bond acceptors (Lipinski definition) is 3. The van der Waals surface area contributed by atoms with E-state index in [2.05, 4.69) is 4.74 Å². The molecule has 1 fully saturated rings. The zero-order valence-electron chi connectivity index (χ0n) is 4.96. The van der Waals surface area contributed by atoms with Crippen LogP contribution in [0.5, 0.6) is 0 Å². The fourth-order valence-corrected chi connectivity index (χ4v) is 1.46. The molecule has 0 amide bonds. The maximum absolute atomic E-state index is 12.3. The predicted molar refractivity (Wildman–Crippen MR) is 29.5 cm³/mol. The third kappa shape index (κ3) is 1.43. The Hall–Kier alpha value is -0.230. The zero-order chi connectivity index (χ0) is 7.78. The van der Waals surface area contributed by atoms with Gasteiger partial charge in [0, 0.05) is 0 Å². The third-order valence-electron chi connectivity index (χ3n) is 1.32. The molecule has 0 aromatic carbocycles. The lowest BCUT2D eigenvalue weighted by molar-refractivity contribution is 0.173. The molecule has 3 nitrogen and oxygen atoms in total. The van der Waals surface area contributed by atoms with E-state index < -0.39 is 21.6 Å². The fraction of sp³-hybridized carbons (Fsp3) is 1.00. The summed E-state index contributed by atoms with van der Waals surface area (Å²) >= 11 is 0. The minimum absolute atomic E-state index is 0.326. The van der Waals surface area contributed by atoms with Crippen LogP contribution in [0.4, 0.5) is 8.28 Å². The second kappa shape index (κ2) is 2.43. The topological polar surface area (TPSA) is 43.4 Å². The van der Waals surface area contributed by atoms with Gasteiger partial charge in [-0.25, -0.2) is 4.39 Å². The molecule has 0 N–H and O–H groups in total. The van der Waals surface area contributed by atoms with Crippen LogP contribution in [-0.2, 0) is 15.0 Å². The maximum Gasteiger partial charge on any atom is 0.310 e. The van der Waals surface area contributed by atoms with Crippen molar-refractivity contribution in [1.29, 1.82) is 0 Å². The molecule has 0 saturated carbocycles. The van der Waals surface area contributed by atoms with E-state index in [1.54, 1.807) is 0 Å². The Morgan fingerprint density at radius 1 is 1.40 bits per heavy atom. The van der Waals surface area contributed by atoms with Crippen LogP contribution in [0, 0.1) is 0 Å². The summed E-state index contributed by atoms with van der Waals surface area (Å²) in [7, 11) is -4.75. The van der Waals surface area contributed by atoms with Crippen molar-refractivity contribution in [1.82, 2.24) is 0 Å². The molecule has 1 rings (SSSR count). The minimum atomic E-state index is -4.75. The van der Waals surface area contributed by atoms with Crippen molar-refractivity contribution >= 4 is 10.2 Å². The molecule has 60 valence electrons. The van der Waals surface area contributed by atoms with Crippen molar-refractivity contribution in [3.05, 3.63) is 0 Å². The Morgan fingerprint density at radius 3 is 2.20 bits per heavy atom. The molecule has 2 atom stereocenters. The molecule has 0 spiro atoms. The molecule has 1 aliphatic rings. The molecular formula is C4H6F2O3S. The van der Waals surface area contributed by atoms with E-state index in [1.165, 1.54) is 0 Å². The third-order valence-corrected chi connectivity index (χ3v) is 2.48. The van der Waals surface area contributed by atoms with Crippen molar-refractivity contribution in [2.45, 2.75) is 11.4 Å². The monoisotopic (exact) mass is 172 g/mol. The van der Waals surface area contributed by atoms with Gasteiger partial charge in [0.1, 0.15) is 11.4 Å². The fourth-order valence-electron chi connectivity index (χ4n) is 0.766. The highest BCUT2D eigenvalue weighted by Crippen LogP contribution is 2.18. The van der Waals surface area contributed by atoms with Gasteiger partial charge in [0.2, 0.25) is 0 Å². The molecule has 0 radical (unpaired) electrons. The van der Waals surface area contributed by atoms with Crippen LogP contribution in [0.25, 0.3) is 0 Å². The van der Waals surface area contributed by atoms with Gasteiger partial charge in [-0.3, -0.25) is 0 Å². The highest BCUT2D eigenvalue weighted by molar-refractivity contribution is 7.87. The smallest absolute Gasteiger partial charge is 0.310 e. The number of alkyl halides is 1. The van der Waals surface area contributed by atoms with Gasteiger partial charge < -0.3 is 4.74 Å². The summed E-state index contributed by atoms with van der Waals surface area (Å²) in [5.74, 6) is 0. The first kappa shape index (κ1) is 7.87. The average Bonchev–Trinajstić information content (AvgIpc) is 2.11. The van der Waals surface area contributed by atoms with Crippen LogP contribution < -0.4 is 0 Å². The van der Waals surface area contributed by atoms with Crippen molar-refractivity contribution in [3.8, 4) is 0 Å². The van der Waals surface area contributed by atoms with E-state index in [0.29, 0.717) is 0 Å². The lowest BCUT2D eigenvalue weighted by Crippen LogP contribution is -2.26. The van der Waals surface area contributed by atoms with Gasteiger partial charge in [-0.05, 0) is 0 Å². The summed E-state index contributed by atoms with van der Waals surface area (Å²) in [6.07, 6.45) is -1.71. The Bertz CT molecular complexity index is 213. The van der Waals surface area contributed by atoms with Crippen LogP contribution in [-0.4, -0.2) is 33.1 Å². The van der Waals surface area contributed by atoms with Crippen molar-refractivity contribution in [2.24, 2.45) is 0 Å². The van der Waals surface area contributed by atoms with Gasteiger partial charge in [-0.2, -0.15) is 8.42 Å². The molecule has 2 unspecified atom stereocenters. The molecule has 1 aliphatic heterocycles. The molecule has 1 saturated heterocycles. The predicted octanol–water partition coefficient (Wildman–Crippen LogP) is 0.0226. The van der Waals surface area contributed by atoms with Gasteiger partial charge in [0.25, 0.3) is 0 Å². The minimum Gasteiger partial charge on any atom is -0.377 e. The maximum atomic E-state index is 12.3. The Morgan fingerprint density at radius 2 is 2.00 bits per heavy atom. The van der Waals surface area contributed by atoms with Crippen molar-refractivity contribution in [2.75, 3.05) is 13.2 Å². The van der Waals surface area contributed by atoms with Crippen LogP contribution >= 0.6 is 0 Å². The first-order valence-corrected chi connectivity index (χ1v) is 4.12. The second-order valence-corrected chi connectivity index (χ2v) is 3.62. The number of halogens is 2. The van der Waals surface area contributed by atoms with Crippen LogP contribution in [0.15, 0.2) is 0 Å². The van der Waals surface area contributed by atoms with E-state index in [-0.39, 0.29) is 13.2 Å². The Labute approximate surface area is 57.2 Å². The van der Waals surface area contributed by atoms with Crippen LogP contribution in [0.1, 0.15) is 0 Å². The lowest BCUT2D eigenvalue weighted by atomic mass is 10.3. The van der Waals surface area contributed by atoms with E-state index in [9.17, 15) is 16.7 Å². The van der Waals surface area contributed by atoms with E-state index in [0.717, 1.165) is 0 Å². The summed E-state index contributed by atoms with van der Waals surface area (Å²) in [6, 6.07) is 0. The molecule has 10 heavy (non-hydrogen) atoms. The molecule has 1 heterocycles. The first-order valence-electron chi connectivity index (χ1n) is 2.67. The SMILES string of the molecule is O=S(=O)(F)C1COCC1F. The van der Waals surface area contributed by atoms with E-state index >= 15 is 0 Å². The summed E-state index contributed by atoms with van der Waals surface area (Å²) in [5.41, 5.74) is 0. The van der Waals surface area contributed by atoms with Gasteiger partial charge in [0.05, 0.1) is 13.2 Å². The van der Waals surface area contributed by atoms with E-state index in [1.807, 2.05) is 0 Å². The number of ether oxygens (including phenoxy) is 1. The van der Waals surface area contributed by atoms with E-state index in [4.69, 9.17) is 0 Å².